The molecule has 0 atom stereocenters. The smallest absolute Gasteiger partial charge is 0.416 e. The predicted octanol–water partition coefficient (Wildman–Crippen LogP) is 4.99. The van der Waals surface area contributed by atoms with E-state index in [0.29, 0.717) is 5.69 Å². The van der Waals surface area contributed by atoms with E-state index in [1.54, 1.807) is 26.8 Å². The molecule has 2 aromatic carbocycles. The molecule has 2 N–H and O–H groups in total. The van der Waals surface area contributed by atoms with Gasteiger partial charge < -0.3 is 19.9 Å². The zero-order valence-electron chi connectivity index (χ0n) is 16.0. The zero-order valence-corrected chi connectivity index (χ0v) is 16.0. The normalized spacial score (nSPS) is 11.8. The van der Waals surface area contributed by atoms with Gasteiger partial charge in [0.1, 0.15) is 22.7 Å². The van der Waals surface area contributed by atoms with Crippen LogP contribution in [-0.4, -0.2) is 23.8 Å². The number of phenols is 1. The summed E-state index contributed by atoms with van der Waals surface area (Å²) < 4.78 is 49.0. The lowest BCUT2D eigenvalue weighted by Gasteiger charge is -2.20. The molecule has 0 saturated heterocycles. The maximum Gasteiger partial charge on any atom is 0.416 e. The Labute approximate surface area is 161 Å². The second kappa shape index (κ2) is 8.00. The largest absolute Gasteiger partial charge is 0.508 e. The van der Waals surface area contributed by atoms with Gasteiger partial charge in [0.15, 0.2) is 0 Å². The van der Waals surface area contributed by atoms with E-state index in [-0.39, 0.29) is 29.2 Å². The van der Waals surface area contributed by atoms with Crippen LogP contribution in [0.15, 0.2) is 36.4 Å². The number of aromatic hydroxyl groups is 1. The first-order valence-electron chi connectivity index (χ1n) is 8.45. The van der Waals surface area contributed by atoms with Gasteiger partial charge in [-0.2, -0.15) is 13.2 Å². The number of anilines is 1. The number of hydrogen-bond donors (Lipinski definition) is 2. The maximum absolute atomic E-state index is 12.8. The second-order valence-electron chi connectivity index (χ2n) is 7.11. The molecule has 0 aromatic heterocycles. The highest BCUT2D eigenvalue weighted by molar-refractivity contribution is 5.93. The number of rotatable bonds is 5. The highest BCUT2D eigenvalue weighted by Crippen LogP contribution is 2.33. The first-order chi connectivity index (χ1) is 12.9. The fraction of sp³-hybridized carbons (Fsp3) is 0.350. The van der Waals surface area contributed by atoms with Crippen LogP contribution < -0.4 is 10.1 Å². The number of carbonyl (C=O) groups excluding carboxylic acids is 1. The van der Waals surface area contributed by atoms with Gasteiger partial charge in [0.2, 0.25) is 0 Å². The third-order valence-electron chi connectivity index (χ3n) is 3.71. The topological polar surface area (TPSA) is 67.8 Å². The lowest BCUT2D eigenvalue weighted by molar-refractivity contribution is -0.137. The molecule has 2 rings (SSSR count). The average Bonchev–Trinajstić information content (AvgIpc) is 2.58. The summed E-state index contributed by atoms with van der Waals surface area (Å²) in [4.78, 5) is 12.2. The molecule has 0 aliphatic rings. The van der Waals surface area contributed by atoms with E-state index >= 15 is 0 Å². The molecule has 0 fully saturated rings. The van der Waals surface area contributed by atoms with Gasteiger partial charge in [-0.15, -0.1) is 0 Å². The van der Waals surface area contributed by atoms with Crippen LogP contribution in [0, 0.1) is 0 Å². The third-order valence-corrected chi connectivity index (χ3v) is 3.71. The fourth-order valence-electron chi connectivity index (χ4n) is 2.40. The number of carbonyl (C=O) groups is 1. The summed E-state index contributed by atoms with van der Waals surface area (Å²) in [5.74, 6) is -0.545. The summed E-state index contributed by atoms with van der Waals surface area (Å²) in [6.07, 6.45) is -4.50. The number of esters is 1. The van der Waals surface area contributed by atoms with E-state index in [2.05, 4.69) is 5.32 Å². The Kier molecular flexibility index (Phi) is 6.11. The number of ether oxygens (including phenoxy) is 2. The van der Waals surface area contributed by atoms with Gasteiger partial charge >= 0.3 is 12.1 Å². The highest BCUT2D eigenvalue weighted by atomic mass is 19.4. The highest BCUT2D eigenvalue weighted by Gasteiger charge is 2.31. The third kappa shape index (κ3) is 5.55. The van der Waals surface area contributed by atoms with Crippen LogP contribution in [0.5, 0.6) is 11.5 Å². The molecule has 0 aliphatic heterocycles. The van der Waals surface area contributed by atoms with E-state index in [1.807, 2.05) is 0 Å². The van der Waals surface area contributed by atoms with E-state index in [0.717, 1.165) is 18.2 Å². The van der Waals surface area contributed by atoms with Gasteiger partial charge in [-0.1, -0.05) is 0 Å². The van der Waals surface area contributed by atoms with Crippen molar-refractivity contribution in [2.24, 2.45) is 0 Å². The summed E-state index contributed by atoms with van der Waals surface area (Å²) in [5, 5.41) is 12.7. The van der Waals surface area contributed by atoms with Crippen LogP contribution in [0.3, 0.4) is 0 Å². The minimum atomic E-state index is -4.50. The Bertz CT molecular complexity index is 858. The van der Waals surface area contributed by atoms with Crippen molar-refractivity contribution in [2.45, 2.75) is 39.1 Å². The van der Waals surface area contributed by atoms with Crippen LogP contribution in [0.2, 0.25) is 0 Å². The van der Waals surface area contributed by atoms with Crippen molar-refractivity contribution in [2.75, 3.05) is 12.4 Å². The van der Waals surface area contributed by atoms with E-state index < -0.39 is 23.3 Å². The van der Waals surface area contributed by atoms with Gasteiger partial charge in [-0.3, -0.25) is 0 Å². The van der Waals surface area contributed by atoms with Crippen molar-refractivity contribution in [1.29, 1.82) is 0 Å². The Balaban J connectivity index is 2.19. The van der Waals surface area contributed by atoms with Gasteiger partial charge in [-0.05, 0) is 51.1 Å². The SMILES string of the molecule is COc1cc(NCc2cc(C(F)(F)F)ccc2O)ccc1C(=O)OC(C)(C)C. The molecule has 152 valence electrons. The molecule has 28 heavy (non-hydrogen) atoms. The van der Waals surface area contributed by atoms with Crippen molar-refractivity contribution in [1.82, 2.24) is 0 Å². The molecule has 0 bridgehead atoms. The van der Waals surface area contributed by atoms with Gasteiger partial charge in [0.25, 0.3) is 0 Å². The van der Waals surface area contributed by atoms with Crippen LogP contribution in [0.1, 0.15) is 42.3 Å². The Morgan fingerprint density at radius 2 is 1.79 bits per heavy atom. The lowest BCUT2D eigenvalue weighted by Crippen LogP contribution is -2.24. The summed E-state index contributed by atoms with van der Waals surface area (Å²) >= 11 is 0. The Morgan fingerprint density at radius 1 is 1.11 bits per heavy atom. The quantitative estimate of drug-likeness (QED) is 0.696. The van der Waals surface area contributed by atoms with E-state index in [4.69, 9.17) is 9.47 Å². The second-order valence-corrected chi connectivity index (χ2v) is 7.11. The summed E-state index contributed by atoms with van der Waals surface area (Å²) in [6, 6.07) is 7.32. The Morgan fingerprint density at radius 3 is 2.36 bits per heavy atom. The number of benzene rings is 2. The standard InChI is InChI=1S/C20H22F3NO4/c1-19(2,3)28-18(26)15-7-6-14(10-17(15)27-4)24-11-12-9-13(20(21,22)23)5-8-16(12)25/h5-10,24-25H,11H2,1-4H3. The zero-order chi connectivity index (χ0) is 21.1. The maximum atomic E-state index is 12.8. The molecule has 0 spiro atoms. The molecular weight excluding hydrogens is 375 g/mol. The molecule has 0 radical (unpaired) electrons. The average molecular weight is 397 g/mol. The molecule has 8 heteroatoms. The summed E-state index contributed by atoms with van der Waals surface area (Å²) in [7, 11) is 1.39. The van der Waals surface area contributed by atoms with Crippen LogP contribution in [0.25, 0.3) is 0 Å². The summed E-state index contributed by atoms with van der Waals surface area (Å²) in [6.45, 7) is 5.18. The van der Waals surface area contributed by atoms with Crippen molar-refractivity contribution in [3.8, 4) is 11.5 Å². The van der Waals surface area contributed by atoms with Gasteiger partial charge in [0, 0.05) is 23.9 Å². The lowest BCUT2D eigenvalue weighted by atomic mass is 10.1. The molecule has 0 aliphatic carbocycles. The molecule has 0 heterocycles. The van der Waals surface area contributed by atoms with Crippen LogP contribution in [0.4, 0.5) is 18.9 Å². The molecule has 2 aromatic rings. The minimum Gasteiger partial charge on any atom is -0.508 e. The number of methoxy groups -OCH3 is 1. The molecule has 0 unspecified atom stereocenters. The van der Waals surface area contributed by atoms with Crippen molar-refractivity contribution in [3.63, 3.8) is 0 Å². The molecule has 0 amide bonds. The van der Waals surface area contributed by atoms with Crippen LogP contribution >= 0.6 is 0 Å². The van der Waals surface area contributed by atoms with Crippen molar-refractivity contribution < 1.29 is 32.5 Å². The number of hydrogen-bond acceptors (Lipinski definition) is 5. The first-order valence-corrected chi connectivity index (χ1v) is 8.45. The number of nitrogens with one attached hydrogen (secondary N) is 1. The molecule has 5 nitrogen and oxygen atoms in total. The molecule has 0 saturated carbocycles. The van der Waals surface area contributed by atoms with Crippen molar-refractivity contribution >= 4 is 11.7 Å². The van der Waals surface area contributed by atoms with Crippen molar-refractivity contribution in [3.05, 3.63) is 53.1 Å². The molecular formula is C20H22F3NO4. The van der Waals surface area contributed by atoms with Gasteiger partial charge in [-0.25, -0.2) is 4.79 Å². The number of alkyl halides is 3. The number of halogens is 3. The van der Waals surface area contributed by atoms with E-state index in [1.165, 1.54) is 19.2 Å². The predicted molar refractivity (Wildman–Crippen MR) is 98.6 cm³/mol. The van der Waals surface area contributed by atoms with Crippen LogP contribution in [-0.2, 0) is 17.5 Å². The van der Waals surface area contributed by atoms with Gasteiger partial charge in [0.05, 0.1) is 12.7 Å². The Hall–Kier alpha value is -2.90. The first kappa shape index (κ1) is 21.4. The minimum absolute atomic E-state index is 0.0509. The monoisotopic (exact) mass is 397 g/mol. The van der Waals surface area contributed by atoms with E-state index in [9.17, 15) is 23.1 Å². The fourth-order valence-corrected chi connectivity index (χ4v) is 2.40. The summed E-state index contributed by atoms with van der Waals surface area (Å²) in [5.41, 5.74) is -0.698. The number of phenolic OH excluding ortho intramolecular Hbond substituents is 1.